The van der Waals surface area contributed by atoms with E-state index in [-0.39, 0.29) is 11.9 Å². The van der Waals surface area contributed by atoms with Crippen LogP contribution in [0.25, 0.3) is 0 Å². The predicted molar refractivity (Wildman–Crippen MR) is 75.2 cm³/mol. The molecule has 0 fully saturated rings. The molecule has 2 N–H and O–H groups in total. The first-order valence-corrected chi connectivity index (χ1v) is 6.84. The molecule has 94 valence electrons. The highest BCUT2D eigenvalue weighted by atomic mass is 32.2. The third kappa shape index (κ3) is 3.59. The van der Waals surface area contributed by atoms with Crippen LogP contribution in [-0.2, 0) is 0 Å². The van der Waals surface area contributed by atoms with Crippen molar-refractivity contribution in [2.24, 2.45) is 5.73 Å². The molecule has 0 aliphatic rings. The van der Waals surface area contributed by atoms with Crippen molar-refractivity contribution in [3.63, 3.8) is 0 Å². The van der Waals surface area contributed by atoms with Gasteiger partial charge in [-0.15, -0.1) is 11.8 Å². The van der Waals surface area contributed by atoms with Crippen molar-refractivity contribution in [1.29, 1.82) is 0 Å². The molecule has 0 aliphatic heterocycles. The standard InChI is InChI=1S/C15H16FNS/c1-11-5-7-12(8-6-11)15(17)10-18-14-4-2-3-13(16)9-14/h2-9,15H,10,17H2,1H3. The summed E-state index contributed by atoms with van der Waals surface area (Å²) in [6, 6.07) is 14.8. The lowest BCUT2D eigenvalue weighted by atomic mass is 10.1. The molecule has 18 heavy (non-hydrogen) atoms. The zero-order valence-electron chi connectivity index (χ0n) is 10.3. The van der Waals surface area contributed by atoms with E-state index >= 15 is 0 Å². The third-order valence-electron chi connectivity index (χ3n) is 2.73. The summed E-state index contributed by atoms with van der Waals surface area (Å²) in [5.41, 5.74) is 8.46. The van der Waals surface area contributed by atoms with E-state index in [1.807, 2.05) is 18.2 Å². The van der Waals surface area contributed by atoms with Crippen LogP contribution in [0.1, 0.15) is 17.2 Å². The van der Waals surface area contributed by atoms with Gasteiger partial charge in [-0.05, 0) is 30.7 Å². The van der Waals surface area contributed by atoms with Crippen LogP contribution in [0.5, 0.6) is 0 Å². The van der Waals surface area contributed by atoms with Crippen molar-refractivity contribution in [3.05, 3.63) is 65.5 Å². The molecule has 0 radical (unpaired) electrons. The first kappa shape index (κ1) is 13.1. The van der Waals surface area contributed by atoms with Gasteiger partial charge in [0.25, 0.3) is 0 Å². The maximum atomic E-state index is 13.0. The number of benzene rings is 2. The van der Waals surface area contributed by atoms with Gasteiger partial charge >= 0.3 is 0 Å². The Labute approximate surface area is 111 Å². The van der Waals surface area contributed by atoms with Crippen molar-refractivity contribution in [3.8, 4) is 0 Å². The summed E-state index contributed by atoms with van der Waals surface area (Å²) in [6.45, 7) is 2.05. The monoisotopic (exact) mass is 261 g/mol. The van der Waals surface area contributed by atoms with Gasteiger partial charge in [-0.3, -0.25) is 0 Å². The number of rotatable bonds is 4. The lowest BCUT2D eigenvalue weighted by molar-refractivity contribution is 0.624. The molecular weight excluding hydrogens is 245 g/mol. The Morgan fingerprint density at radius 1 is 1.17 bits per heavy atom. The number of nitrogens with two attached hydrogens (primary N) is 1. The van der Waals surface area contributed by atoms with Gasteiger partial charge in [0.15, 0.2) is 0 Å². The van der Waals surface area contributed by atoms with Gasteiger partial charge in [-0.2, -0.15) is 0 Å². The molecule has 2 aromatic carbocycles. The summed E-state index contributed by atoms with van der Waals surface area (Å²) in [7, 11) is 0. The van der Waals surface area contributed by atoms with Gasteiger partial charge in [0, 0.05) is 16.7 Å². The van der Waals surface area contributed by atoms with Crippen LogP contribution in [0, 0.1) is 12.7 Å². The topological polar surface area (TPSA) is 26.0 Å². The first-order valence-electron chi connectivity index (χ1n) is 5.85. The van der Waals surface area contributed by atoms with Gasteiger partial charge in [-0.1, -0.05) is 35.9 Å². The summed E-state index contributed by atoms with van der Waals surface area (Å²) in [4.78, 5) is 0.914. The number of hydrogen-bond acceptors (Lipinski definition) is 2. The summed E-state index contributed by atoms with van der Waals surface area (Å²) >= 11 is 1.58. The Bertz CT molecular complexity index is 510. The van der Waals surface area contributed by atoms with Crippen molar-refractivity contribution >= 4 is 11.8 Å². The van der Waals surface area contributed by atoms with E-state index in [4.69, 9.17) is 5.73 Å². The fourth-order valence-electron chi connectivity index (χ4n) is 1.65. The van der Waals surface area contributed by atoms with Gasteiger partial charge < -0.3 is 5.73 Å². The van der Waals surface area contributed by atoms with Gasteiger partial charge in [0.2, 0.25) is 0 Å². The van der Waals surface area contributed by atoms with Gasteiger partial charge in [0.1, 0.15) is 5.82 Å². The van der Waals surface area contributed by atoms with Crippen molar-refractivity contribution in [2.45, 2.75) is 17.9 Å². The Hall–Kier alpha value is -1.32. The quantitative estimate of drug-likeness (QED) is 0.844. The predicted octanol–water partition coefficient (Wildman–Crippen LogP) is 3.93. The molecule has 2 rings (SSSR count). The van der Waals surface area contributed by atoms with Crippen molar-refractivity contribution < 1.29 is 4.39 Å². The largest absolute Gasteiger partial charge is 0.323 e. The molecular formula is C15H16FNS. The Balaban J connectivity index is 1.96. The number of aryl methyl sites for hydroxylation is 1. The maximum absolute atomic E-state index is 13.0. The summed E-state index contributed by atoms with van der Waals surface area (Å²) in [6.07, 6.45) is 0. The first-order chi connectivity index (χ1) is 8.65. The molecule has 0 saturated heterocycles. The highest BCUT2D eigenvalue weighted by Gasteiger charge is 2.06. The average molecular weight is 261 g/mol. The van der Waals surface area contributed by atoms with Crippen LogP contribution in [0.15, 0.2) is 53.4 Å². The van der Waals surface area contributed by atoms with Crippen LogP contribution in [0.4, 0.5) is 4.39 Å². The Morgan fingerprint density at radius 2 is 1.89 bits per heavy atom. The minimum Gasteiger partial charge on any atom is -0.323 e. The molecule has 1 unspecified atom stereocenters. The van der Waals surface area contributed by atoms with Crippen molar-refractivity contribution in [2.75, 3.05) is 5.75 Å². The molecule has 0 aromatic heterocycles. The molecule has 0 bridgehead atoms. The summed E-state index contributed by atoms with van der Waals surface area (Å²) in [5.74, 6) is 0.538. The lowest BCUT2D eigenvalue weighted by Gasteiger charge is -2.12. The number of thioether (sulfide) groups is 1. The van der Waals surface area contributed by atoms with E-state index in [0.717, 1.165) is 16.2 Å². The number of hydrogen-bond donors (Lipinski definition) is 1. The molecule has 0 heterocycles. The minimum atomic E-state index is -0.205. The maximum Gasteiger partial charge on any atom is 0.124 e. The number of halogens is 1. The fourth-order valence-corrected chi connectivity index (χ4v) is 2.59. The minimum absolute atomic E-state index is 0.0288. The van der Waals surface area contributed by atoms with E-state index < -0.39 is 0 Å². The molecule has 0 spiro atoms. The second-order valence-corrected chi connectivity index (χ2v) is 5.38. The van der Waals surface area contributed by atoms with E-state index in [0.29, 0.717) is 0 Å². The molecule has 1 atom stereocenters. The lowest BCUT2D eigenvalue weighted by Crippen LogP contribution is -2.12. The molecule has 2 aromatic rings. The highest BCUT2D eigenvalue weighted by Crippen LogP contribution is 2.24. The molecule has 3 heteroatoms. The second-order valence-electron chi connectivity index (χ2n) is 4.29. The van der Waals surface area contributed by atoms with Crippen molar-refractivity contribution in [1.82, 2.24) is 0 Å². The molecule has 0 amide bonds. The molecule has 0 saturated carbocycles. The third-order valence-corrected chi connectivity index (χ3v) is 3.84. The van der Waals surface area contributed by atoms with Crippen LogP contribution in [-0.4, -0.2) is 5.75 Å². The molecule has 1 nitrogen and oxygen atoms in total. The average Bonchev–Trinajstić information content (AvgIpc) is 2.37. The van der Waals surface area contributed by atoms with E-state index in [1.165, 1.54) is 17.7 Å². The van der Waals surface area contributed by atoms with E-state index in [1.54, 1.807) is 17.8 Å². The van der Waals surface area contributed by atoms with Crippen LogP contribution in [0.2, 0.25) is 0 Å². The SMILES string of the molecule is Cc1ccc(C(N)CSc2cccc(F)c2)cc1. The van der Waals surface area contributed by atoms with E-state index in [2.05, 4.69) is 19.1 Å². The summed E-state index contributed by atoms with van der Waals surface area (Å²) in [5, 5.41) is 0. The van der Waals surface area contributed by atoms with Gasteiger partial charge in [0.05, 0.1) is 0 Å². The highest BCUT2D eigenvalue weighted by molar-refractivity contribution is 7.99. The van der Waals surface area contributed by atoms with E-state index in [9.17, 15) is 4.39 Å². The normalized spacial score (nSPS) is 12.4. The second kappa shape index (κ2) is 6.03. The Kier molecular flexibility index (Phi) is 4.39. The van der Waals surface area contributed by atoms with Gasteiger partial charge in [-0.25, -0.2) is 4.39 Å². The smallest absolute Gasteiger partial charge is 0.124 e. The zero-order chi connectivity index (χ0) is 13.0. The van der Waals surface area contributed by atoms with Crippen LogP contribution in [0.3, 0.4) is 0 Å². The molecule has 0 aliphatic carbocycles. The zero-order valence-corrected chi connectivity index (χ0v) is 11.1. The fraction of sp³-hybridized carbons (Fsp3) is 0.200. The summed E-state index contributed by atoms with van der Waals surface area (Å²) < 4.78 is 13.0. The van der Waals surface area contributed by atoms with Crippen LogP contribution >= 0.6 is 11.8 Å². The van der Waals surface area contributed by atoms with Crippen LogP contribution < -0.4 is 5.73 Å². The Morgan fingerprint density at radius 3 is 2.56 bits per heavy atom.